The lowest BCUT2D eigenvalue weighted by molar-refractivity contribution is 0.308. The van der Waals surface area contributed by atoms with Gasteiger partial charge in [-0.3, -0.25) is 0 Å². The van der Waals surface area contributed by atoms with E-state index in [9.17, 15) is 4.21 Å². The Morgan fingerprint density at radius 3 is 1.88 bits per heavy atom. The van der Waals surface area contributed by atoms with Gasteiger partial charge in [0.25, 0.3) is 0 Å². The largest absolute Gasteiger partial charge is 0.488 e. The highest BCUT2D eigenvalue weighted by Crippen LogP contribution is 2.58. The van der Waals surface area contributed by atoms with Crippen molar-refractivity contribution in [3.63, 3.8) is 0 Å². The van der Waals surface area contributed by atoms with E-state index in [1.54, 1.807) is 0 Å². The van der Waals surface area contributed by atoms with Gasteiger partial charge in [-0.2, -0.15) is 0 Å². The van der Waals surface area contributed by atoms with Crippen LogP contribution in [-0.4, -0.2) is 31.6 Å². The predicted molar refractivity (Wildman–Crippen MR) is 181 cm³/mol. The maximum absolute atomic E-state index is 14.0. The fourth-order valence-electron chi connectivity index (χ4n) is 7.02. The number of nitrogens with zero attached hydrogens (tertiary/aromatic N) is 1. The van der Waals surface area contributed by atoms with Gasteiger partial charge in [-0.25, -0.2) is 8.51 Å². The van der Waals surface area contributed by atoms with E-state index in [4.69, 9.17) is 4.74 Å². The molecule has 0 N–H and O–H groups in total. The second kappa shape index (κ2) is 14.7. The SMILES string of the molecule is CN([C@@H](c1ccccc1)c1cccc(OCc2ccccc2)c1P(C1CCCCC1)C1CCCCC1)S(=O)C(C)(C)C. The summed E-state index contributed by atoms with van der Waals surface area (Å²) in [6.45, 7) is 6.81. The maximum Gasteiger partial charge on any atom is 0.127 e. The van der Waals surface area contributed by atoms with Gasteiger partial charge in [0, 0.05) is 12.4 Å². The van der Waals surface area contributed by atoms with Crippen LogP contribution in [0.15, 0.2) is 78.9 Å². The predicted octanol–water partition coefficient (Wildman–Crippen LogP) is 9.52. The van der Waals surface area contributed by atoms with E-state index in [2.05, 4.69) is 111 Å². The third kappa shape index (κ3) is 7.55. The molecule has 0 amide bonds. The average Bonchev–Trinajstić information content (AvgIpc) is 3.02. The van der Waals surface area contributed by atoms with Crippen molar-refractivity contribution in [2.24, 2.45) is 0 Å². The van der Waals surface area contributed by atoms with E-state index in [0.29, 0.717) is 6.61 Å². The molecule has 2 fully saturated rings. The van der Waals surface area contributed by atoms with Crippen LogP contribution >= 0.6 is 7.92 Å². The van der Waals surface area contributed by atoms with Crippen LogP contribution in [-0.2, 0) is 17.6 Å². The molecule has 5 rings (SSSR count). The molecule has 0 spiro atoms. The molecule has 2 aliphatic rings. The molecular formula is C37H50NO2PS. The van der Waals surface area contributed by atoms with Crippen molar-refractivity contribution >= 4 is 24.2 Å². The smallest absolute Gasteiger partial charge is 0.127 e. The molecule has 3 aromatic carbocycles. The normalized spacial score (nSPS) is 18.7. The zero-order valence-electron chi connectivity index (χ0n) is 26.1. The Hall–Kier alpha value is -2.00. The van der Waals surface area contributed by atoms with Gasteiger partial charge >= 0.3 is 0 Å². The molecule has 0 heterocycles. The first kappa shape index (κ1) is 31.4. The molecule has 42 heavy (non-hydrogen) atoms. The lowest BCUT2D eigenvalue weighted by Gasteiger charge is -2.42. The van der Waals surface area contributed by atoms with Crippen LogP contribution < -0.4 is 10.0 Å². The summed E-state index contributed by atoms with van der Waals surface area (Å²) in [6, 6.07) is 27.9. The fourth-order valence-corrected chi connectivity index (χ4v) is 12.4. The van der Waals surface area contributed by atoms with Gasteiger partial charge in [0.05, 0.1) is 10.8 Å². The van der Waals surface area contributed by atoms with Crippen LogP contribution in [0, 0.1) is 0 Å². The lowest BCUT2D eigenvalue weighted by atomic mass is 9.98. The lowest BCUT2D eigenvalue weighted by Crippen LogP contribution is -2.40. The molecule has 2 atom stereocenters. The topological polar surface area (TPSA) is 29.5 Å². The van der Waals surface area contributed by atoms with Crippen LogP contribution in [0.25, 0.3) is 0 Å². The van der Waals surface area contributed by atoms with E-state index in [1.807, 2.05) is 0 Å². The van der Waals surface area contributed by atoms with Gasteiger partial charge in [0.2, 0.25) is 0 Å². The standard InChI is InChI=1S/C37H50NO2PS/c1-37(2,3)42(39)38(4)35(30-20-11-6-12-21-30)33-26-17-27-34(40-28-29-18-9-5-10-19-29)36(33)41(31-22-13-7-14-23-31)32-24-15-8-16-25-32/h5-6,9-12,17-21,26-27,31-32,35H,7-8,13-16,22-25,28H2,1-4H3/t35-,42?/m0/s1. The summed E-state index contributed by atoms with van der Waals surface area (Å²) in [5.41, 5.74) is 5.15. The van der Waals surface area contributed by atoms with Crippen LogP contribution in [0.5, 0.6) is 5.75 Å². The molecule has 1 unspecified atom stereocenters. The minimum Gasteiger partial charge on any atom is -0.488 e. The molecular weight excluding hydrogens is 553 g/mol. The summed E-state index contributed by atoms with van der Waals surface area (Å²) < 4.78 is 22.7. The van der Waals surface area contributed by atoms with Crippen LogP contribution in [0.1, 0.15) is 108 Å². The third-order valence-corrected chi connectivity index (χ3v) is 14.4. The van der Waals surface area contributed by atoms with E-state index < -0.39 is 18.9 Å². The van der Waals surface area contributed by atoms with Crippen LogP contribution in [0.3, 0.4) is 0 Å². The van der Waals surface area contributed by atoms with Crippen molar-refractivity contribution in [3.8, 4) is 5.75 Å². The van der Waals surface area contributed by atoms with E-state index in [1.165, 1.54) is 86.2 Å². The molecule has 5 heteroatoms. The zero-order valence-corrected chi connectivity index (χ0v) is 27.8. The first-order valence-electron chi connectivity index (χ1n) is 16.1. The molecule has 0 radical (unpaired) electrons. The summed E-state index contributed by atoms with van der Waals surface area (Å²) in [5, 5.41) is 1.45. The van der Waals surface area contributed by atoms with Crippen molar-refractivity contribution in [3.05, 3.63) is 95.6 Å². The minimum atomic E-state index is -1.18. The Kier molecular flexibility index (Phi) is 11.0. The van der Waals surface area contributed by atoms with Gasteiger partial charge in [0.1, 0.15) is 23.3 Å². The second-order valence-corrected chi connectivity index (χ2v) is 18.2. The number of rotatable bonds is 10. The molecule has 2 saturated carbocycles. The van der Waals surface area contributed by atoms with Gasteiger partial charge in [0.15, 0.2) is 0 Å². The third-order valence-electron chi connectivity index (χ3n) is 9.02. The highest BCUT2D eigenvalue weighted by atomic mass is 32.2. The van der Waals surface area contributed by atoms with Crippen molar-refractivity contribution < 1.29 is 8.95 Å². The molecule has 0 bridgehead atoms. The molecule has 2 aliphatic carbocycles. The van der Waals surface area contributed by atoms with Crippen molar-refractivity contribution in [1.29, 1.82) is 0 Å². The summed E-state index contributed by atoms with van der Waals surface area (Å²) in [5.74, 6) is 1.05. The monoisotopic (exact) mass is 603 g/mol. The molecule has 0 aromatic heterocycles. The molecule has 0 saturated heterocycles. The Balaban J connectivity index is 1.69. The van der Waals surface area contributed by atoms with Crippen molar-refractivity contribution in [2.75, 3.05) is 7.05 Å². The summed E-state index contributed by atoms with van der Waals surface area (Å²) in [6.07, 6.45) is 13.4. The average molecular weight is 604 g/mol. The molecule has 0 aliphatic heterocycles. The number of hydrogen-bond acceptors (Lipinski definition) is 2. The van der Waals surface area contributed by atoms with E-state index >= 15 is 0 Å². The quantitative estimate of drug-likeness (QED) is 0.216. The number of benzene rings is 3. The maximum atomic E-state index is 14.0. The van der Waals surface area contributed by atoms with Gasteiger partial charge < -0.3 is 4.74 Å². The minimum absolute atomic E-state index is 0.112. The molecule has 226 valence electrons. The van der Waals surface area contributed by atoms with Crippen LogP contribution in [0.4, 0.5) is 0 Å². The Morgan fingerprint density at radius 1 is 0.786 bits per heavy atom. The molecule has 3 aromatic rings. The molecule has 3 nitrogen and oxygen atoms in total. The van der Waals surface area contributed by atoms with Gasteiger partial charge in [-0.05, 0) is 80.5 Å². The second-order valence-electron chi connectivity index (χ2n) is 13.2. The Morgan fingerprint density at radius 2 is 1.33 bits per heavy atom. The van der Waals surface area contributed by atoms with Crippen molar-refractivity contribution in [1.82, 2.24) is 4.31 Å². The van der Waals surface area contributed by atoms with E-state index in [-0.39, 0.29) is 10.8 Å². The first-order valence-corrected chi connectivity index (χ1v) is 18.7. The Bertz CT molecular complexity index is 1260. The Labute approximate surface area is 258 Å². The highest BCUT2D eigenvalue weighted by Gasteiger charge is 2.39. The van der Waals surface area contributed by atoms with E-state index in [0.717, 1.165) is 17.1 Å². The van der Waals surface area contributed by atoms with Crippen LogP contribution in [0.2, 0.25) is 0 Å². The summed E-state index contributed by atoms with van der Waals surface area (Å²) >= 11 is 0. The summed E-state index contributed by atoms with van der Waals surface area (Å²) in [7, 11) is 0.415. The zero-order chi connectivity index (χ0) is 29.5. The first-order chi connectivity index (χ1) is 20.3. The number of ether oxygens (including phenoxy) is 1. The fraction of sp³-hybridized carbons (Fsp3) is 0.514. The van der Waals surface area contributed by atoms with Gasteiger partial charge in [-0.1, -0.05) is 119 Å². The van der Waals surface area contributed by atoms with Gasteiger partial charge in [-0.15, -0.1) is 0 Å². The summed E-state index contributed by atoms with van der Waals surface area (Å²) in [4.78, 5) is 0. The van der Waals surface area contributed by atoms with Crippen molar-refractivity contribution in [2.45, 2.75) is 114 Å². The number of hydrogen-bond donors (Lipinski definition) is 0. The highest BCUT2D eigenvalue weighted by molar-refractivity contribution is 7.84.